The van der Waals surface area contributed by atoms with Gasteiger partial charge in [-0.2, -0.15) is 0 Å². The zero-order valence-electron chi connectivity index (χ0n) is 20.0. The summed E-state index contributed by atoms with van der Waals surface area (Å²) in [6.07, 6.45) is 0.00737. The summed E-state index contributed by atoms with van der Waals surface area (Å²) < 4.78 is 5.40. The van der Waals surface area contributed by atoms with Crippen LogP contribution in [0.1, 0.15) is 52.5 Å². The summed E-state index contributed by atoms with van der Waals surface area (Å²) in [7, 11) is 0. The third-order valence-electron chi connectivity index (χ3n) is 5.78. The van der Waals surface area contributed by atoms with Crippen LogP contribution in [0.3, 0.4) is 0 Å². The van der Waals surface area contributed by atoms with Gasteiger partial charge in [0.1, 0.15) is 18.7 Å². The molecule has 1 aromatic carbocycles. The van der Waals surface area contributed by atoms with E-state index in [0.29, 0.717) is 18.0 Å². The molecule has 0 aliphatic carbocycles. The first kappa shape index (κ1) is 27.4. The number of aliphatic carboxylic acids is 1. The lowest BCUT2D eigenvalue weighted by atomic mass is 9.86. The van der Waals surface area contributed by atoms with Crippen molar-refractivity contribution in [2.75, 3.05) is 13.2 Å². The fraction of sp³-hybridized carbons (Fsp3) is 0.583. The van der Waals surface area contributed by atoms with Gasteiger partial charge in [0.05, 0.1) is 0 Å². The molecule has 1 heterocycles. The molecular weight excluding hydrogens is 462 g/mol. The Morgan fingerprint density at radius 2 is 1.94 bits per heavy atom. The number of carboxylic acids is 1. The molecule has 1 saturated heterocycles. The molecule has 1 aromatic rings. The normalized spacial score (nSPS) is 17.6. The smallest absolute Gasteiger partial charge is 0.407 e. The number of halogens is 1. The van der Waals surface area contributed by atoms with Crippen molar-refractivity contribution in [2.24, 2.45) is 11.8 Å². The Bertz CT molecular complexity index is 904. The van der Waals surface area contributed by atoms with Crippen LogP contribution in [0, 0.1) is 11.8 Å². The summed E-state index contributed by atoms with van der Waals surface area (Å²) >= 11 is 6.06. The van der Waals surface area contributed by atoms with Crippen LogP contribution in [0.25, 0.3) is 0 Å². The van der Waals surface area contributed by atoms with Crippen LogP contribution in [-0.4, -0.2) is 54.2 Å². The minimum atomic E-state index is -1.24. The molecule has 0 radical (unpaired) electrons. The fourth-order valence-corrected chi connectivity index (χ4v) is 3.96. The molecule has 0 saturated carbocycles. The van der Waals surface area contributed by atoms with E-state index in [4.69, 9.17) is 16.3 Å². The number of amides is 3. The predicted octanol–water partition coefficient (Wildman–Crippen LogP) is 2.85. The Morgan fingerprint density at radius 1 is 1.24 bits per heavy atom. The molecule has 1 aliphatic rings. The maximum atomic E-state index is 12.9. The lowest BCUT2D eigenvalue weighted by molar-refractivity contribution is -0.143. The topological polar surface area (TPSA) is 134 Å². The molecular formula is C24H34ClN3O6. The van der Waals surface area contributed by atoms with Crippen molar-refractivity contribution < 1.29 is 29.0 Å². The summed E-state index contributed by atoms with van der Waals surface area (Å²) in [6, 6.07) is 5.04. The number of alkyl carbamates (subject to hydrolysis) is 1. The van der Waals surface area contributed by atoms with Gasteiger partial charge in [-0.25, -0.2) is 9.59 Å². The quantitative estimate of drug-likeness (QED) is 0.373. The molecule has 0 aromatic heterocycles. The van der Waals surface area contributed by atoms with Gasteiger partial charge in [0.15, 0.2) is 0 Å². The summed E-state index contributed by atoms with van der Waals surface area (Å²) in [5, 5.41) is 17.8. The van der Waals surface area contributed by atoms with Crippen molar-refractivity contribution >= 4 is 35.5 Å². The molecule has 4 N–H and O–H groups in total. The molecule has 2 rings (SSSR count). The average molecular weight is 496 g/mol. The third kappa shape index (κ3) is 8.20. The van der Waals surface area contributed by atoms with Gasteiger partial charge in [-0.1, -0.05) is 51.4 Å². The molecule has 10 heteroatoms. The maximum Gasteiger partial charge on any atom is 0.407 e. The van der Waals surface area contributed by atoms with Crippen LogP contribution in [0.15, 0.2) is 24.3 Å². The number of ether oxygens (including phenoxy) is 1. The molecule has 3 amide bonds. The Balaban J connectivity index is 2.00. The van der Waals surface area contributed by atoms with Gasteiger partial charge in [0.2, 0.25) is 11.8 Å². The minimum absolute atomic E-state index is 0.0143. The van der Waals surface area contributed by atoms with Gasteiger partial charge in [-0.15, -0.1) is 0 Å². The van der Waals surface area contributed by atoms with Crippen LogP contribution < -0.4 is 16.0 Å². The van der Waals surface area contributed by atoms with E-state index in [9.17, 15) is 24.3 Å². The molecule has 1 fully saturated rings. The number of rotatable bonds is 11. The second kappa shape index (κ2) is 12.1. The van der Waals surface area contributed by atoms with E-state index >= 15 is 0 Å². The second-order valence-corrected chi connectivity index (χ2v) is 10.1. The highest BCUT2D eigenvalue weighted by Crippen LogP contribution is 2.26. The number of carbonyl (C=O) groups excluding carboxylic acids is 3. The van der Waals surface area contributed by atoms with E-state index in [0.717, 1.165) is 5.56 Å². The highest BCUT2D eigenvalue weighted by Gasteiger charge is 2.33. The summed E-state index contributed by atoms with van der Waals surface area (Å²) in [4.78, 5) is 48.9. The molecule has 34 heavy (non-hydrogen) atoms. The zero-order chi connectivity index (χ0) is 25.5. The van der Waals surface area contributed by atoms with Crippen LogP contribution >= 0.6 is 11.6 Å². The molecule has 1 aliphatic heterocycles. The molecule has 9 nitrogen and oxygen atoms in total. The highest BCUT2D eigenvalue weighted by atomic mass is 35.5. The van der Waals surface area contributed by atoms with E-state index in [2.05, 4.69) is 16.0 Å². The largest absolute Gasteiger partial charge is 0.480 e. The van der Waals surface area contributed by atoms with Crippen LogP contribution in [0.5, 0.6) is 0 Å². The fourth-order valence-electron chi connectivity index (χ4n) is 3.77. The molecule has 0 spiro atoms. The second-order valence-electron chi connectivity index (χ2n) is 9.71. The van der Waals surface area contributed by atoms with Crippen molar-refractivity contribution in [1.82, 2.24) is 16.0 Å². The van der Waals surface area contributed by atoms with Gasteiger partial charge >= 0.3 is 12.1 Å². The first-order chi connectivity index (χ1) is 15.9. The van der Waals surface area contributed by atoms with E-state index in [1.165, 1.54) is 0 Å². The SMILES string of the molecule is CC(C)CC(NC(=O)OCC(C)(C)c1cccc(Cl)c1)C(=O)NC(C[C@@H]1CCNC1=O)C(=O)O. The summed E-state index contributed by atoms with van der Waals surface area (Å²) in [5.41, 5.74) is 0.374. The molecule has 3 atom stereocenters. The van der Waals surface area contributed by atoms with Crippen LogP contribution in [0.4, 0.5) is 4.79 Å². The van der Waals surface area contributed by atoms with Gasteiger partial charge in [-0.3, -0.25) is 9.59 Å². The summed E-state index contributed by atoms with van der Waals surface area (Å²) in [6.45, 7) is 8.10. The van der Waals surface area contributed by atoms with E-state index in [1.54, 1.807) is 12.1 Å². The predicted molar refractivity (Wildman–Crippen MR) is 128 cm³/mol. The first-order valence-electron chi connectivity index (χ1n) is 11.4. The number of hydrogen-bond donors (Lipinski definition) is 4. The van der Waals surface area contributed by atoms with E-state index in [1.807, 2.05) is 39.8 Å². The van der Waals surface area contributed by atoms with Crippen molar-refractivity contribution in [3.05, 3.63) is 34.9 Å². The lowest BCUT2D eigenvalue weighted by Crippen LogP contribution is -2.53. The van der Waals surface area contributed by atoms with Gasteiger partial charge in [0, 0.05) is 22.9 Å². The minimum Gasteiger partial charge on any atom is -0.480 e. The monoisotopic (exact) mass is 495 g/mol. The Labute approximate surface area is 205 Å². The van der Waals surface area contributed by atoms with E-state index < -0.39 is 41.4 Å². The Hall–Kier alpha value is -2.81. The molecule has 188 valence electrons. The standard InChI is InChI=1S/C24H34ClN3O6/c1-14(2)10-18(21(30)27-19(22(31)32)11-15-8-9-26-20(15)29)28-23(33)34-13-24(3,4)16-6-5-7-17(25)12-16/h5-7,12,14-15,18-19H,8-11,13H2,1-4H3,(H,26,29)(H,27,30)(H,28,33)(H,31,32)/t15-,18?,19?/m0/s1. The lowest BCUT2D eigenvalue weighted by Gasteiger charge is -2.26. The van der Waals surface area contributed by atoms with Gasteiger partial charge in [0.25, 0.3) is 0 Å². The molecule has 2 unspecified atom stereocenters. The highest BCUT2D eigenvalue weighted by molar-refractivity contribution is 6.30. The first-order valence-corrected chi connectivity index (χ1v) is 11.8. The van der Waals surface area contributed by atoms with Crippen molar-refractivity contribution in [2.45, 2.75) is 64.5 Å². The molecule has 0 bridgehead atoms. The van der Waals surface area contributed by atoms with Crippen molar-refractivity contribution in [1.29, 1.82) is 0 Å². The Kier molecular flexibility index (Phi) is 9.73. The number of nitrogens with one attached hydrogen (secondary N) is 3. The number of carbonyl (C=O) groups is 4. The van der Waals surface area contributed by atoms with Crippen LogP contribution in [0.2, 0.25) is 5.02 Å². The van der Waals surface area contributed by atoms with Gasteiger partial charge in [-0.05, 0) is 42.9 Å². The van der Waals surface area contributed by atoms with Gasteiger partial charge < -0.3 is 25.8 Å². The maximum absolute atomic E-state index is 12.9. The number of carboxylic acid groups (broad SMARTS) is 1. The summed E-state index contributed by atoms with van der Waals surface area (Å²) in [5.74, 6) is -2.52. The van der Waals surface area contributed by atoms with Crippen LogP contribution in [-0.2, 0) is 24.5 Å². The Morgan fingerprint density at radius 3 is 2.50 bits per heavy atom. The third-order valence-corrected chi connectivity index (χ3v) is 6.02. The van der Waals surface area contributed by atoms with E-state index in [-0.39, 0.29) is 31.3 Å². The van der Waals surface area contributed by atoms with Crippen molar-refractivity contribution in [3.63, 3.8) is 0 Å². The number of benzene rings is 1. The average Bonchev–Trinajstić information content (AvgIpc) is 3.15. The number of hydrogen-bond acceptors (Lipinski definition) is 5. The zero-order valence-corrected chi connectivity index (χ0v) is 20.8. The van der Waals surface area contributed by atoms with Crippen molar-refractivity contribution in [3.8, 4) is 0 Å².